The molecule has 1 aliphatic rings. The predicted octanol–water partition coefficient (Wildman–Crippen LogP) is 3.21. The Morgan fingerprint density at radius 2 is 1.96 bits per heavy atom. The molecule has 25 heavy (non-hydrogen) atoms. The average Bonchev–Trinajstić information content (AvgIpc) is 3.15. The van der Waals surface area contributed by atoms with E-state index in [0.717, 1.165) is 42.4 Å². The summed E-state index contributed by atoms with van der Waals surface area (Å²) >= 11 is 0. The first kappa shape index (κ1) is 19.6. The summed E-state index contributed by atoms with van der Waals surface area (Å²) in [7, 11) is 4.36. The lowest BCUT2D eigenvalue weighted by Gasteiger charge is -2.18. The topological polar surface area (TPSA) is 32.3 Å². The van der Waals surface area contributed by atoms with Crippen molar-refractivity contribution in [2.24, 2.45) is 0 Å². The van der Waals surface area contributed by atoms with Gasteiger partial charge in [-0.25, -0.2) is 4.39 Å². The zero-order valence-electron chi connectivity index (χ0n) is 14.8. The number of hydrogen-bond acceptors (Lipinski definition) is 2. The Labute approximate surface area is 151 Å². The first-order valence-corrected chi connectivity index (χ1v) is 9.19. The summed E-state index contributed by atoms with van der Waals surface area (Å²) in [6, 6.07) is 14.9. The van der Waals surface area contributed by atoms with Crippen molar-refractivity contribution in [1.29, 1.82) is 0 Å². The molecule has 0 spiro atoms. The van der Waals surface area contributed by atoms with E-state index in [-0.39, 0.29) is 17.8 Å². The first-order chi connectivity index (χ1) is 12.0. The minimum Gasteiger partial charge on any atom is -0.345 e. The van der Waals surface area contributed by atoms with Crippen LogP contribution in [0.1, 0.15) is 19.8 Å². The number of halogens is 1. The van der Waals surface area contributed by atoms with Crippen molar-refractivity contribution in [2.45, 2.75) is 25.8 Å². The first-order valence-electron chi connectivity index (χ1n) is 8.61. The van der Waals surface area contributed by atoms with E-state index >= 15 is 0 Å². The number of benzene rings is 2. The summed E-state index contributed by atoms with van der Waals surface area (Å²) < 4.78 is 13.1. The molecule has 2 atom stereocenters. The van der Waals surface area contributed by atoms with Crippen LogP contribution in [0.15, 0.2) is 48.5 Å². The van der Waals surface area contributed by atoms with Gasteiger partial charge in [-0.15, -0.1) is 9.24 Å². The van der Waals surface area contributed by atoms with Crippen LogP contribution in [0.25, 0.3) is 11.1 Å². The van der Waals surface area contributed by atoms with Crippen LogP contribution in [-0.2, 0) is 4.79 Å². The Kier molecular flexibility index (Phi) is 7.54. The van der Waals surface area contributed by atoms with Crippen molar-refractivity contribution in [2.75, 3.05) is 20.1 Å². The number of hydrogen-bond donors (Lipinski definition) is 1. The Morgan fingerprint density at radius 3 is 2.52 bits per heavy atom. The molecule has 1 saturated heterocycles. The predicted molar refractivity (Wildman–Crippen MR) is 106 cm³/mol. The Bertz CT molecular complexity index is 667. The zero-order chi connectivity index (χ0) is 18.2. The van der Waals surface area contributed by atoms with Crippen molar-refractivity contribution in [1.82, 2.24) is 10.2 Å². The van der Waals surface area contributed by atoms with E-state index in [2.05, 4.69) is 14.6 Å². The molecular formula is C20H26FN2OP. The average molecular weight is 360 g/mol. The lowest BCUT2D eigenvalue weighted by molar-refractivity contribution is -0.131. The van der Waals surface area contributed by atoms with E-state index < -0.39 is 0 Å². The standard InChI is InChI=1S/C12H10FP.C8H16N2O/c13-11-6-10(7-12(14)8-11)9-4-2-1-3-5-9;1-3-10(2)8(11)7-5-4-6-9-7/h1-8H,14H2;7,9H,3-6H2,1-2H3/t;7-/m.0/s1. The molecule has 134 valence electrons. The molecule has 2 aromatic rings. The summed E-state index contributed by atoms with van der Waals surface area (Å²) in [6.45, 7) is 3.79. The maximum absolute atomic E-state index is 13.1. The number of carbonyl (C=O) groups is 1. The van der Waals surface area contributed by atoms with Crippen molar-refractivity contribution in [3.63, 3.8) is 0 Å². The van der Waals surface area contributed by atoms with Crippen molar-refractivity contribution in [3.05, 3.63) is 54.3 Å². The smallest absolute Gasteiger partial charge is 0.239 e. The van der Waals surface area contributed by atoms with Crippen LogP contribution in [0.2, 0.25) is 0 Å². The second kappa shape index (κ2) is 9.65. The van der Waals surface area contributed by atoms with E-state index in [9.17, 15) is 9.18 Å². The maximum atomic E-state index is 13.1. The van der Waals surface area contributed by atoms with Crippen LogP contribution >= 0.6 is 9.24 Å². The van der Waals surface area contributed by atoms with Gasteiger partial charge in [0.25, 0.3) is 0 Å². The van der Waals surface area contributed by atoms with Gasteiger partial charge in [0.15, 0.2) is 0 Å². The molecule has 1 aliphatic heterocycles. The minimum absolute atomic E-state index is 0.0972. The molecule has 0 radical (unpaired) electrons. The SMILES string of the molecule is CCN(C)C(=O)[C@@H]1CCCN1.Fc1cc(P)cc(-c2ccccc2)c1. The van der Waals surface area contributed by atoms with Gasteiger partial charge >= 0.3 is 0 Å². The third kappa shape index (κ3) is 5.91. The van der Waals surface area contributed by atoms with Crippen LogP contribution in [0.4, 0.5) is 4.39 Å². The summed E-state index contributed by atoms with van der Waals surface area (Å²) in [5.41, 5.74) is 1.95. The molecule has 1 amide bonds. The zero-order valence-corrected chi connectivity index (χ0v) is 16.0. The van der Waals surface area contributed by atoms with E-state index in [1.807, 2.05) is 50.4 Å². The maximum Gasteiger partial charge on any atom is 0.239 e. The van der Waals surface area contributed by atoms with Gasteiger partial charge < -0.3 is 10.2 Å². The molecule has 1 fully saturated rings. The van der Waals surface area contributed by atoms with Crippen LogP contribution in [0.3, 0.4) is 0 Å². The fourth-order valence-electron chi connectivity index (χ4n) is 2.73. The van der Waals surface area contributed by atoms with Gasteiger partial charge in [0, 0.05) is 13.6 Å². The fraction of sp³-hybridized carbons (Fsp3) is 0.350. The van der Waals surface area contributed by atoms with Crippen molar-refractivity contribution < 1.29 is 9.18 Å². The van der Waals surface area contributed by atoms with Crippen LogP contribution < -0.4 is 10.6 Å². The molecule has 1 unspecified atom stereocenters. The third-order valence-electron chi connectivity index (χ3n) is 4.24. The molecular weight excluding hydrogens is 334 g/mol. The second-order valence-electron chi connectivity index (χ2n) is 6.14. The third-order valence-corrected chi connectivity index (χ3v) is 4.57. The summed E-state index contributed by atoms with van der Waals surface area (Å²) in [5, 5.41) is 4.05. The number of nitrogens with one attached hydrogen (secondary N) is 1. The molecule has 0 aromatic heterocycles. The van der Waals surface area contributed by atoms with Gasteiger partial charge in [-0.2, -0.15) is 0 Å². The lowest BCUT2D eigenvalue weighted by atomic mass is 10.1. The molecule has 2 aromatic carbocycles. The van der Waals surface area contributed by atoms with Gasteiger partial charge in [0.1, 0.15) is 5.82 Å². The van der Waals surface area contributed by atoms with Crippen LogP contribution in [0, 0.1) is 5.82 Å². The normalized spacial score (nSPS) is 16.1. The molecule has 0 saturated carbocycles. The van der Waals surface area contributed by atoms with Crippen molar-refractivity contribution in [3.8, 4) is 11.1 Å². The number of carbonyl (C=O) groups excluding carboxylic acids is 1. The number of likely N-dealkylation sites (N-methyl/N-ethyl adjacent to an activating group) is 1. The summed E-state index contributed by atoms with van der Waals surface area (Å²) in [5.74, 6) is 0.0429. The van der Waals surface area contributed by atoms with E-state index in [1.54, 1.807) is 11.0 Å². The highest BCUT2D eigenvalue weighted by molar-refractivity contribution is 7.27. The van der Waals surface area contributed by atoms with Crippen LogP contribution in [-0.4, -0.2) is 37.0 Å². The Hall–Kier alpha value is -1.77. The quantitative estimate of drug-likeness (QED) is 0.853. The monoisotopic (exact) mass is 360 g/mol. The highest BCUT2D eigenvalue weighted by Crippen LogP contribution is 2.19. The highest BCUT2D eigenvalue weighted by atomic mass is 31.0. The summed E-state index contributed by atoms with van der Waals surface area (Å²) in [6.07, 6.45) is 2.14. The molecule has 3 nitrogen and oxygen atoms in total. The molecule has 3 rings (SSSR count). The van der Waals surface area contributed by atoms with E-state index in [0.29, 0.717) is 0 Å². The molecule has 0 bridgehead atoms. The van der Waals surface area contributed by atoms with Gasteiger partial charge in [-0.3, -0.25) is 4.79 Å². The summed E-state index contributed by atoms with van der Waals surface area (Å²) in [4.78, 5) is 13.2. The van der Waals surface area contributed by atoms with Gasteiger partial charge in [0.05, 0.1) is 6.04 Å². The van der Waals surface area contributed by atoms with Crippen LogP contribution in [0.5, 0.6) is 0 Å². The Morgan fingerprint density at radius 1 is 1.24 bits per heavy atom. The molecule has 5 heteroatoms. The second-order valence-corrected chi connectivity index (χ2v) is 6.81. The largest absolute Gasteiger partial charge is 0.345 e. The molecule has 1 N–H and O–H groups in total. The van der Waals surface area contributed by atoms with E-state index in [1.165, 1.54) is 6.07 Å². The van der Waals surface area contributed by atoms with Gasteiger partial charge in [0.2, 0.25) is 5.91 Å². The van der Waals surface area contributed by atoms with Gasteiger partial charge in [-0.1, -0.05) is 30.3 Å². The minimum atomic E-state index is -0.198. The van der Waals surface area contributed by atoms with Gasteiger partial charge in [-0.05, 0) is 60.9 Å². The number of nitrogens with zero attached hydrogens (tertiary/aromatic N) is 1. The van der Waals surface area contributed by atoms with E-state index in [4.69, 9.17) is 0 Å². The Balaban J connectivity index is 0.000000186. The highest BCUT2D eigenvalue weighted by Gasteiger charge is 2.23. The molecule has 1 heterocycles. The van der Waals surface area contributed by atoms with Crippen molar-refractivity contribution >= 4 is 20.5 Å². The molecule has 0 aliphatic carbocycles. The fourth-order valence-corrected chi connectivity index (χ4v) is 3.07. The lowest BCUT2D eigenvalue weighted by Crippen LogP contribution is -2.41. The number of amides is 1. The number of rotatable bonds is 3.